The van der Waals surface area contributed by atoms with Gasteiger partial charge in [0.15, 0.2) is 0 Å². The van der Waals surface area contributed by atoms with E-state index in [1.54, 1.807) is 0 Å². The van der Waals surface area contributed by atoms with Crippen LogP contribution >= 0.6 is 0 Å². The standard InChI is InChI=1S/C20H26N2O/c1-2-14-23-18-10-8-16(9-11-18)15-22-19-12-13-21-20(19)17-6-4-3-5-7-17/h3-11,19-22H,2,12-15H2,1H3/t19-,20-/m0/s1. The Hall–Kier alpha value is -1.84. The van der Waals surface area contributed by atoms with E-state index in [9.17, 15) is 0 Å². The molecule has 0 saturated carbocycles. The first-order chi connectivity index (χ1) is 11.4. The number of nitrogens with one attached hydrogen (secondary N) is 2. The van der Waals surface area contributed by atoms with E-state index >= 15 is 0 Å². The Bertz CT molecular complexity index is 582. The van der Waals surface area contributed by atoms with Crippen LogP contribution in [0, 0.1) is 0 Å². The largest absolute Gasteiger partial charge is 0.494 e. The van der Waals surface area contributed by atoms with E-state index in [1.165, 1.54) is 11.1 Å². The first kappa shape index (κ1) is 16.0. The highest BCUT2D eigenvalue weighted by molar-refractivity contribution is 5.27. The Balaban J connectivity index is 1.55. The maximum atomic E-state index is 5.63. The zero-order valence-corrected chi connectivity index (χ0v) is 13.8. The second-order valence-electron chi connectivity index (χ2n) is 6.11. The van der Waals surface area contributed by atoms with Crippen molar-refractivity contribution in [3.63, 3.8) is 0 Å². The van der Waals surface area contributed by atoms with Gasteiger partial charge in [-0.2, -0.15) is 0 Å². The van der Waals surface area contributed by atoms with Gasteiger partial charge in [0.2, 0.25) is 0 Å². The van der Waals surface area contributed by atoms with Crippen LogP contribution in [0.25, 0.3) is 0 Å². The summed E-state index contributed by atoms with van der Waals surface area (Å²) in [7, 11) is 0. The van der Waals surface area contributed by atoms with E-state index in [1.807, 2.05) is 0 Å². The molecule has 0 aromatic heterocycles. The van der Waals surface area contributed by atoms with Crippen molar-refractivity contribution in [3.05, 3.63) is 65.7 Å². The van der Waals surface area contributed by atoms with Crippen molar-refractivity contribution in [2.45, 2.75) is 38.4 Å². The van der Waals surface area contributed by atoms with E-state index < -0.39 is 0 Å². The maximum absolute atomic E-state index is 5.63. The van der Waals surface area contributed by atoms with Gasteiger partial charge in [-0.3, -0.25) is 0 Å². The van der Waals surface area contributed by atoms with Crippen molar-refractivity contribution < 1.29 is 4.74 Å². The Kier molecular flexibility index (Phi) is 5.67. The van der Waals surface area contributed by atoms with Gasteiger partial charge in [0.25, 0.3) is 0 Å². The number of hydrogen-bond acceptors (Lipinski definition) is 3. The van der Waals surface area contributed by atoms with Crippen LogP contribution in [0.1, 0.15) is 36.9 Å². The lowest BCUT2D eigenvalue weighted by Gasteiger charge is -2.21. The van der Waals surface area contributed by atoms with Crippen LogP contribution in [0.2, 0.25) is 0 Å². The van der Waals surface area contributed by atoms with Crippen LogP contribution < -0.4 is 15.4 Å². The first-order valence-corrected chi connectivity index (χ1v) is 8.60. The molecule has 2 aromatic rings. The zero-order chi connectivity index (χ0) is 15.9. The Morgan fingerprint density at radius 2 is 1.87 bits per heavy atom. The molecule has 1 heterocycles. The topological polar surface area (TPSA) is 33.3 Å². The third-order valence-electron chi connectivity index (χ3n) is 4.35. The van der Waals surface area contributed by atoms with E-state index in [0.29, 0.717) is 12.1 Å². The number of ether oxygens (including phenoxy) is 1. The fourth-order valence-electron chi connectivity index (χ4n) is 3.11. The van der Waals surface area contributed by atoms with Crippen molar-refractivity contribution in [2.75, 3.05) is 13.2 Å². The summed E-state index contributed by atoms with van der Waals surface area (Å²) in [4.78, 5) is 0. The summed E-state index contributed by atoms with van der Waals surface area (Å²) in [5, 5.41) is 7.31. The molecular formula is C20H26N2O. The third kappa shape index (κ3) is 4.34. The molecule has 0 aliphatic carbocycles. The van der Waals surface area contributed by atoms with Gasteiger partial charge in [-0.05, 0) is 42.6 Å². The fourth-order valence-corrected chi connectivity index (χ4v) is 3.11. The molecular weight excluding hydrogens is 284 g/mol. The third-order valence-corrected chi connectivity index (χ3v) is 4.35. The fraction of sp³-hybridized carbons (Fsp3) is 0.400. The van der Waals surface area contributed by atoms with Crippen LogP contribution in [0.5, 0.6) is 5.75 Å². The lowest BCUT2D eigenvalue weighted by molar-refractivity contribution is 0.317. The van der Waals surface area contributed by atoms with E-state index in [2.05, 4.69) is 72.2 Å². The molecule has 3 heteroatoms. The molecule has 1 aliphatic rings. The smallest absolute Gasteiger partial charge is 0.119 e. The van der Waals surface area contributed by atoms with Crippen LogP contribution in [0.15, 0.2) is 54.6 Å². The average molecular weight is 310 g/mol. The summed E-state index contributed by atoms with van der Waals surface area (Å²) in [5.74, 6) is 0.959. The van der Waals surface area contributed by atoms with Gasteiger partial charge in [0, 0.05) is 18.6 Å². The maximum Gasteiger partial charge on any atom is 0.119 e. The summed E-state index contributed by atoms with van der Waals surface area (Å²) >= 11 is 0. The monoisotopic (exact) mass is 310 g/mol. The highest BCUT2D eigenvalue weighted by atomic mass is 16.5. The molecule has 1 saturated heterocycles. The molecule has 3 nitrogen and oxygen atoms in total. The molecule has 1 aliphatic heterocycles. The molecule has 2 N–H and O–H groups in total. The van der Waals surface area contributed by atoms with Crippen LogP contribution in [-0.4, -0.2) is 19.2 Å². The van der Waals surface area contributed by atoms with Crippen LogP contribution in [0.4, 0.5) is 0 Å². The van der Waals surface area contributed by atoms with Gasteiger partial charge in [-0.1, -0.05) is 49.4 Å². The molecule has 0 spiro atoms. The highest BCUT2D eigenvalue weighted by Crippen LogP contribution is 2.24. The molecule has 3 rings (SSSR count). The lowest BCUT2D eigenvalue weighted by atomic mass is 10.0. The van der Waals surface area contributed by atoms with Gasteiger partial charge in [-0.15, -0.1) is 0 Å². The highest BCUT2D eigenvalue weighted by Gasteiger charge is 2.27. The summed E-state index contributed by atoms with van der Waals surface area (Å²) in [5.41, 5.74) is 2.67. The second kappa shape index (κ2) is 8.14. The van der Waals surface area contributed by atoms with Crippen molar-refractivity contribution >= 4 is 0 Å². The van der Waals surface area contributed by atoms with Gasteiger partial charge >= 0.3 is 0 Å². The normalized spacial score (nSPS) is 20.6. The minimum absolute atomic E-state index is 0.406. The summed E-state index contributed by atoms with van der Waals surface area (Å²) in [6, 6.07) is 20.0. The zero-order valence-electron chi connectivity index (χ0n) is 13.8. The predicted octanol–water partition coefficient (Wildman–Crippen LogP) is 3.67. The molecule has 23 heavy (non-hydrogen) atoms. The van der Waals surface area contributed by atoms with Crippen LogP contribution in [0.3, 0.4) is 0 Å². The predicted molar refractivity (Wildman–Crippen MR) is 94.7 cm³/mol. The quantitative estimate of drug-likeness (QED) is 0.818. The van der Waals surface area contributed by atoms with Gasteiger partial charge < -0.3 is 15.4 Å². The van der Waals surface area contributed by atoms with Crippen molar-refractivity contribution in [3.8, 4) is 5.75 Å². The Morgan fingerprint density at radius 3 is 2.61 bits per heavy atom. The van der Waals surface area contributed by atoms with Crippen molar-refractivity contribution in [2.24, 2.45) is 0 Å². The summed E-state index contributed by atoms with van der Waals surface area (Å²) < 4.78 is 5.63. The van der Waals surface area contributed by atoms with Gasteiger partial charge in [0.05, 0.1) is 6.61 Å². The first-order valence-electron chi connectivity index (χ1n) is 8.60. The molecule has 122 valence electrons. The van der Waals surface area contributed by atoms with Crippen molar-refractivity contribution in [1.29, 1.82) is 0 Å². The summed E-state index contributed by atoms with van der Waals surface area (Å²) in [6.45, 7) is 4.87. The molecule has 0 radical (unpaired) electrons. The van der Waals surface area contributed by atoms with Crippen LogP contribution in [-0.2, 0) is 6.54 Å². The molecule has 2 aromatic carbocycles. The molecule has 1 fully saturated rings. The minimum atomic E-state index is 0.406. The summed E-state index contributed by atoms with van der Waals surface area (Å²) in [6.07, 6.45) is 2.20. The van der Waals surface area contributed by atoms with Crippen molar-refractivity contribution in [1.82, 2.24) is 10.6 Å². The molecule has 2 atom stereocenters. The molecule has 0 amide bonds. The molecule has 0 bridgehead atoms. The SMILES string of the molecule is CCCOc1ccc(CN[C@H]2CCN[C@H]2c2ccccc2)cc1. The van der Waals surface area contributed by atoms with E-state index in [0.717, 1.165) is 38.3 Å². The Morgan fingerprint density at radius 1 is 1.09 bits per heavy atom. The van der Waals surface area contributed by atoms with E-state index in [-0.39, 0.29) is 0 Å². The van der Waals surface area contributed by atoms with Gasteiger partial charge in [0.1, 0.15) is 5.75 Å². The second-order valence-corrected chi connectivity index (χ2v) is 6.11. The lowest BCUT2D eigenvalue weighted by Crippen LogP contribution is -2.33. The number of rotatable bonds is 7. The number of benzene rings is 2. The average Bonchev–Trinajstić information content (AvgIpc) is 3.08. The van der Waals surface area contributed by atoms with Gasteiger partial charge in [-0.25, -0.2) is 0 Å². The Labute approximate surface area is 139 Å². The van der Waals surface area contributed by atoms with E-state index in [4.69, 9.17) is 4.74 Å². The molecule has 0 unspecified atom stereocenters. The minimum Gasteiger partial charge on any atom is -0.494 e. The number of hydrogen-bond donors (Lipinski definition) is 2.